The van der Waals surface area contributed by atoms with E-state index in [0.717, 1.165) is 12.8 Å². The smallest absolute Gasteiger partial charge is 0.163 e. The van der Waals surface area contributed by atoms with E-state index in [9.17, 15) is 5.11 Å². The number of nitrogens with one attached hydrogen (secondary N) is 1. The first-order valence-corrected chi connectivity index (χ1v) is 5.40. The van der Waals surface area contributed by atoms with Gasteiger partial charge in [-0.1, -0.05) is 13.3 Å². The van der Waals surface area contributed by atoms with Crippen molar-refractivity contribution in [2.75, 3.05) is 11.9 Å². The number of aliphatic hydroxyl groups is 1. The Labute approximate surface area is 95.9 Å². The first-order valence-electron chi connectivity index (χ1n) is 5.40. The molecule has 0 aliphatic carbocycles. The summed E-state index contributed by atoms with van der Waals surface area (Å²) >= 11 is 0. The molecule has 0 saturated heterocycles. The Kier molecular flexibility index (Phi) is 4.27. The minimum atomic E-state index is -0.753. The maximum Gasteiger partial charge on any atom is 0.163 e. The Morgan fingerprint density at radius 1 is 1.62 bits per heavy atom. The van der Waals surface area contributed by atoms with Crippen molar-refractivity contribution in [3.05, 3.63) is 24.0 Å². The number of rotatable bonds is 5. The average molecular weight is 219 g/mol. The molecule has 1 atom stereocenters. The monoisotopic (exact) mass is 219 g/mol. The number of hydrogen-bond acceptors (Lipinski definition) is 4. The predicted molar refractivity (Wildman–Crippen MR) is 63.0 cm³/mol. The van der Waals surface area contributed by atoms with Crippen molar-refractivity contribution in [1.82, 2.24) is 4.98 Å². The number of nitriles is 1. The van der Waals surface area contributed by atoms with Crippen LogP contribution in [-0.4, -0.2) is 22.2 Å². The fourth-order valence-corrected chi connectivity index (χ4v) is 1.55. The normalized spacial score (nSPS) is 13.9. The molecule has 0 amide bonds. The van der Waals surface area contributed by atoms with E-state index in [4.69, 9.17) is 5.26 Å². The molecule has 86 valence electrons. The minimum absolute atomic E-state index is 0.356. The molecule has 0 fully saturated rings. The molecule has 1 aromatic rings. The van der Waals surface area contributed by atoms with Crippen molar-refractivity contribution in [3.63, 3.8) is 0 Å². The summed E-state index contributed by atoms with van der Waals surface area (Å²) in [5.74, 6) is 0. The zero-order valence-electron chi connectivity index (χ0n) is 9.70. The molecular weight excluding hydrogens is 202 g/mol. The van der Waals surface area contributed by atoms with Crippen molar-refractivity contribution in [2.45, 2.75) is 32.3 Å². The highest BCUT2D eigenvalue weighted by molar-refractivity contribution is 5.53. The molecule has 16 heavy (non-hydrogen) atoms. The highest BCUT2D eigenvalue weighted by Crippen LogP contribution is 2.15. The Balaban J connectivity index is 2.65. The molecule has 2 N–H and O–H groups in total. The van der Waals surface area contributed by atoms with E-state index in [1.54, 1.807) is 25.3 Å². The van der Waals surface area contributed by atoms with Gasteiger partial charge in [0.05, 0.1) is 11.3 Å². The maximum absolute atomic E-state index is 9.97. The lowest BCUT2D eigenvalue weighted by Gasteiger charge is -2.23. The standard InChI is InChI=1S/C12H17N3O/c1-3-6-12(2,16)9-15-10-5-4-7-14-11(10)8-13/h4-5,7,15-16H,3,6,9H2,1-2H3. The fraction of sp³-hybridized carbons (Fsp3) is 0.500. The van der Waals surface area contributed by atoms with Gasteiger partial charge in [-0.2, -0.15) is 5.26 Å². The molecule has 4 nitrogen and oxygen atoms in total. The highest BCUT2D eigenvalue weighted by atomic mass is 16.3. The second kappa shape index (κ2) is 5.47. The van der Waals surface area contributed by atoms with Crippen LogP contribution in [0.15, 0.2) is 18.3 Å². The Bertz CT molecular complexity index is 382. The van der Waals surface area contributed by atoms with Gasteiger partial charge in [0, 0.05) is 12.7 Å². The third kappa shape index (κ3) is 3.52. The van der Waals surface area contributed by atoms with Crippen molar-refractivity contribution in [3.8, 4) is 6.07 Å². The van der Waals surface area contributed by atoms with Gasteiger partial charge in [0.15, 0.2) is 5.69 Å². The van der Waals surface area contributed by atoms with Crippen molar-refractivity contribution in [1.29, 1.82) is 5.26 Å². The zero-order valence-corrected chi connectivity index (χ0v) is 9.70. The molecule has 0 aromatic carbocycles. The summed E-state index contributed by atoms with van der Waals surface area (Å²) in [6, 6.07) is 5.56. The van der Waals surface area contributed by atoms with E-state index in [-0.39, 0.29) is 0 Å². The van der Waals surface area contributed by atoms with Crippen LogP contribution >= 0.6 is 0 Å². The van der Waals surface area contributed by atoms with Crippen molar-refractivity contribution >= 4 is 5.69 Å². The van der Waals surface area contributed by atoms with Gasteiger partial charge < -0.3 is 10.4 Å². The van der Waals surface area contributed by atoms with Crippen LogP contribution in [0.1, 0.15) is 32.4 Å². The Hall–Kier alpha value is -1.60. The summed E-state index contributed by atoms with van der Waals surface area (Å²) in [6.07, 6.45) is 3.23. The van der Waals surface area contributed by atoms with Crippen LogP contribution < -0.4 is 5.32 Å². The van der Waals surface area contributed by atoms with Crippen LogP contribution in [0.3, 0.4) is 0 Å². The Morgan fingerprint density at radius 2 is 2.38 bits per heavy atom. The largest absolute Gasteiger partial charge is 0.388 e. The Morgan fingerprint density at radius 3 is 3.00 bits per heavy atom. The van der Waals surface area contributed by atoms with E-state index in [0.29, 0.717) is 17.9 Å². The van der Waals surface area contributed by atoms with Crippen LogP contribution in [0.4, 0.5) is 5.69 Å². The molecule has 0 aliphatic heterocycles. The number of pyridine rings is 1. The molecule has 0 radical (unpaired) electrons. The molecule has 0 bridgehead atoms. The molecule has 4 heteroatoms. The molecule has 1 rings (SSSR count). The minimum Gasteiger partial charge on any atom is -0.388 e. The molecular formula is C12H17N3O. The van der Waals surface area contributed by atoms with E-state index in [1.807, 2.05) is 13.0 Å². The van der Waals surface area contributed by atoms with Gasteiger partial charge in [-0.25, -0.2) is 4.98 Å². The average Bonchev–Trinajstić information content (AvgIpc) is 2.27. The van der Waals surface area contributed by atoms with Gasteiger partial charge in [-0.05, 0) is 25.5 Å². The van der Waals surface area contributed by atoms with Gasteiger partial charge in [0.1, 0.15) is 6.07 Å². The SMILES string of the molecule is CCCC(C)(O)CNc1cccnc1C#N. The zero-order chi connectivity index (χ0) is 12.0. The van der Waals surface area contributed by atoms with E-state index in [1.165, 1.54) is 0 Å². The van der Waals surface area contributed by atoms with Crippen LogP contribution in [-0.2, 0) is 0 Å². The van der Waals surface area contributed by atoms with Crippen molar-refractivity contribution in [2.24, 2.45) is 0 Å². The number of hydrogen-bond donors (Lipinski definition) is 2. The molecule has 1 unspecified atom stereocenters. The highest BCUT2D eigenvalue weighted by Gasteiger charge is 2.19. The summed E-state index contributed by atoms with van der Waals surface area (Å²) in [4.78, 5) is 3.94. The summed E-state index contributed by atoms with van der Waals surface area (Å²) < 4.78 is 0. The first kappa shape index (κ1) is 12.5. The second-order valence-corrected chi connectivity index (χ2v) is 4.11. The van der Waals surface area contributed by atoms with E-state index in [2.05, 4.69) is 10.3 Å². The second-order valence-electron chi connectivity index (χ2n) is 4.11. The topological polar surface area (TPSA) is 68.9 Å². The summed E-state index contributed by atoms with van der Waals surface area (Å²) in [7, 11) is 0. The molecule has 0 saturated carbocycles. The summed E-state index contributed by atoms with van der Waals surface area (Å²) in [5, 5.41) is 21.9. The number of nitrogens with zero attached hydrogens (tertiary/aromatic N) is 2. The summed E-state index contributed by atoms with van der Waals surface area (Å²) in [6.45, 7) is 4.23. The van der Waals surface area contributed by atoms with Crippen molar-refractivity contribution < 1.29 is 5.11 Å². The third-order valence-electron chi connectivity index (χ3n) is 2.36. The quantitative estimate of drug-likeness (QED) is 0.793. The predicted octanol–water partition coefficient (Wildman–Crippen LogP) is 1.92. The van der Waals surface area contributed by atoms with Crippen LogP contribution in [0.25, 0.3) is 0 Å². The lowest BCUT2D eigenvalue weighted by molar-refractivity contribution is 0.0637. The first-order chi connectivity index (χ1) is 7.59. The molecule has 1 heterocycles. The van der Waals surface area contributed by atoms with Crippen LogP contribution in [0, 0.1) is 11.3 Å². The van der Waals surface area contributed by atoms with E-state index < -0.39 is 5.60 Å². The van der Waals surface area contributed by atoms with Gasteiger partial charge in [-0.15, -0.1) is 0 Å². The molecule has 1 aromatic heterocycles. The maximum atomic E-state index is 9.97. The number of anilines is 1. The lowest BCUT2D eigenvalue weighted by Crippen LogP contribution is -2.33. The van der Waals surface area contributed by atoms with Gasteiger partial charge in [0.2, 0.25) is 0 Å². The van der Waals surface area contributed by atoms with Gasteiger partial charge in [0.25, 0.3) is 0 Å². The third-order valence-corrected chi connectivity index (χ3v) is 2.36. The lowest BCUT2D eigenvalue weighted by atomic mass is 10.0. The molecule has 0 aliphatic rings. The fourth-order valence-electron chi connectivity index (χ4n) is 1.55. The van der Waals surface area contributed by atoms with E-state index >= 15 is 0 Å². The molecule has 0 spiro atoms. The number of aromatic nitrogens is 1. The van der Waals surface area contributed by atoms with Gasteiger partial charge >= 0.3 is 0 Å². The summed E-state index contributed by atoms with van der Waals surface area (Å²) in [5.41, 5.74) is 0.272. The van der Waals surface area contributed by atoms with Crippen LogP contribution in [0.5, 0.6) is 0 Å². The van der Waals surface area contributed by atoms with Gasteiger partial charge in [-0.3, -0.25) is 0 Å². The van der Waals surface area contributed by atoms with Crippen LogP contribution in [0.2, 0.25) is 0 Å².